The van der Waals surface area contributed by atoms with E-state index in [4.69, 9.17) is 0 Å². The molecule has 0 aliphatic carbocycles. The number of aromatic nitrogens is 3. The molecule has 1 aromatic heterocycles. The van der Waals surface area contributed by atoms with Crippen molar-refractivity contribution in [2.24, 2.45) is 0 Å². The third-order valence-corrected chi connectivity index (χ3v) is 4.64. The molecule has 0 bridgehead atoms. The molecule has 0 aliphatic rings. The largest absolute Gasteiger partial charge is 0.323 e. The highest BCUT2D eigenvalue weighted by Gasteiger charge is 2.19. The maximum absolute atomic E-state index is 13.9. The van der Waals surface area contributed by atoms with E-state index in [9.17, 15) is 9.18 Å². The molecule has 3 aromatic rings. The summed E-state index contributed by atoms with van der Waals surface area (Å²) >= 11 is 1.26. The predicted octanol–water partition coefficient (Wildman–Crippen LogP) is 3.83. The van der Waals surface area contributed by atoms with E-state index in [1.54, 1.807) is 36.9 Å². The number of hydrogen-bond acceptors (Lipinski definition) is 4. The maximum atomic E-state index is 13.9. The fourth-order valence-corrected chi connectivity index (χ4v) is 3.08. The van der Waals surface area contributed by atoms with Crippen molar-refractivity contribution < 1.29 is 9.18 Å². The Kier molecular flexibility index (Phi) is 5.14. The van der Waals surface area contributed by atoms with Crippen molar-refractivity contribution in [2.45, 2.75) is 24.3 Å². The lowest BCUT2D eigenvalue weighted by Gasteiger charge is -2.13. The summed E-state index contributed by atoms with van der Waals surface area (Å²) in [6.07, 6.45) is 1.60. The Bertz CT molecular complexity index is 882. The third kappa shape index (κ3) is 4.06. The normalized spacial score (nSPS) is 12.0. The molecule has 0 radical (unpaired) electrons. The molecule has 3 rings (SSSR count). The molecule has 2 aromatic carbocycles. The van der Waals surface area contributed by atoms with Gasteiger partial charge in [-0.05, 0) is 43.7 Å². The van der Waals surface area contributed by atoms with Crippen LogP contribution in [0, 0.1) is 12.7 Å². The fourth-order valence-electron chi connectivity index (χ4n) is 2.24. The molecule has 1 atom stereocenters. The van der Waals surface area contributed by atoms with Crippen molar-refractivity contribution in [3.63, 3.8) is 0 Å². The molecular formula is C18H17FN4OS. The summed E-state index contributed by atoms with van der Waals surface area (Å²) in [5.74, 6) is -0.742. The van der Waals surface area contributed by atoms with Crippen LogP contribution < -0.4 is 5.32 Å². The number of nitrogens with zero attached hydrogens (tertiary/aromatic N) is 3. The number of benzene rings is 2. The second-order valence-electron chi connectivity index (χ2n) is 5.55. The fraction of sp³-hybridized carbons (Fsp3) is 0.167. The van der Waals surface area contributed by atoms with Gasteiger partial charge in [0.2, 0.25) is 5.91 Å². The van der Waals surface area contributed by atoms with Gasteiger partial charge in [-0.25, -0.2) is 4.39 Å². The molecule has 1 heterocycles. The number of amides is 1. The summed E-state index contributed by atoms with van der Waals surface area (Å²) < 4.78 is 15.7. The summed E-state index contributed by atoms with van der Waals surface area (Å²) in [6.45, 7) is 3.54. The van der Waals surface area contributed by atoms with Crippen LogP contribution in [0.2, 0.25) is 0 Å². The van der Waals surface area contributed by atoms with Gasteiger partial charge in [0.1, 0.15) is 12.1 Å². The van der Waals surface area contributed by atoms with Gasteiger partial charge in [-0.3, -0.25) is 9.36 Å². The van der Waals surface area contributed by atoms with E-state index < -0.39 is 11.1 Å². The number of carbonyl (C=O) groups is 1. The van der Waals surface area contributed by atoms with Crippen molar-refractivity contribution >= 4 is 23.4 Å². The van der Waals surface area contributed by atoms with Crippen LogP contribution in [0.3, 0.4) is 0 Å². The number of halogens is 1. The van der Waals surface area contributed by atoms with Crippen molar-refractivity contribution in [2.75, 3.05) is 5.32 Å². The number of anilines is 1. The summed E-state index contributed by atoms with van der Waals surface area (Å²) in [4.78, 5) is 12.4. The second kappa shape index (κ2) is 7.48. The quantitative estimate of drug-likeness (QED) is 0.706. The highest BCUT2D eigenvalue weighted by Crippen LogP contribution is 2.25. The average Bonchev–Trinajstić information content (AvgIpc) is 3.06. The first-order valence-electron chi connectivity index (χ1n) is 7.73. The first kappa shape index (κ1) is 17.2. The van der Waals surface area contributed by atoms with Crippen LogP contribution in [0.25, 0.3) is 5.69 Å². The molecule has 0 saturated heterocycles. The molecule has 0 spiro atoms. The number of thioether (sulfide) groups is 1. The molecule has 1 amide bonds. The first-order valence-corrected chi connectivity index (χ1v) is 8.61. The Morgan fingerprint density at radius 1 is 1.24 bits per heavy atom. The van der Waals surface area contributed by atoms with E-state index in [0.717, 1.165) is 11.3 Å². The lowest BCUT2D eigenvalue weighted by Crippen LogP contribution is -2.23. The SMILES string of the molecule is Cc1ccc(NC(=O)[C@H](C)Sc2nncn2-c2ccccc2)c(F)c1. The van der Waals surface area contributed by atoms with E-state index in [1.807, 2.05) is 30.3 Å². The van der Waals surface area contributed by atoms with E-state index >= 15 is 0 Å². The Morgan fingerprint density at radius 3 is 2.72 bits per heavy atom. The van der Waals surface area contributed by atoms with Crippen LogP contribution in [-0.4, -0.2) is 25.9 Å². The Balaban J connectivity index is 1.71. The van der Waals surface area contributed by atoms with Crippen molar-refractivity contribution in [1.29, 1.82) is 0 Å². The Hall–Kier alpha value is -2.67. The number of nitrogens with one attached hydrogen (secondary N) is 1. The zero-order chi connectivity index (χ0) is 17.8. The van der Waals surface area contributed by atoms with Crippen LogP contribution in [0.1, 0.15) is 12.5 Å². The van der Waals surface area contributed by atoms with Crippen molar-refractivity contribution in [1.82, 2.24) is 14.8 Å². The highest BCUT2D eigenvalue weighted by atomic mass is 32.2. The van der Waals surface area contributed by atoms with Gasteiger partial charge in [-0.2, -0.15) is 0 Å². The van der Waals surface area contributed by atoms with Gasteiger partial charge in [0.25, 0.3) is 0 Å². The third-order valence-electron chi connectivity index (χ3n) is 3.58. The summed E-state index contributed by atoms with van der Waals surface area (Å²) in [7, 11) is 0. The molecule has 0 fully saturated rings. The molecular weight excluding hydrogens is 339 g/mol. The van der Waals surface area contributed by atoms with Gasteiger partial charge >= 0.3 is 0 Å². The molecule has 0 saturated carbocycles. The molecule has 1 N–H and O–H groups in total. The monoisotopic (exact) mass is 356 g/mol. The zero-order valence-electron chi connectivity index (χ0n) is 13.8. The Morgan fingerprint density at radius 2 is 2.00 bits per heavy atom. The standard InChI is InChI=1S/C18H17FN4OS/c1-12-8-9-16(15(19)10-12)21-17(24)13(2)25-18-22-20-11-23(18)14-6-4-3-5-7-14/h3-11,13H,1-2H3,(H,21,24)/t13-/m0/s1. The summed E-state index contributed by atoms with van der Waals surface area (Å²) in [5, 5.41) is 10.7. The minimum atomic E-state index is -0.465. The topological polar surface area (TPSA) is 59.8 Å². The lowest BCUT2D eigenvalue weighted by molar-refractivity contribution is -0.115. The number of aryl methyl sites for hydroxylation is 1. The first-order chi connectivity index (χ1) is 12.0. The minimum Gasteiger partial charge on any atom is -0.323 e. The smallest absolute Gasteiger partial charge is 0.237 e. The molecule has 0 unspecified atom stereocenters. The number of para-hydroxylation sites is 1. The van der Waals surface area contributed by atoms with Crippen molar-refractivity contribution in [3.8, 4) is 5.69 Å². The van der Waals surface area contributed by atoms with Crippen LogP contribution in [-0.2, 0) is 4.79 Å². The Labute approximate surface area is 149 Å². The van der Waals surface area contributed by atoms with Crippen LogP contribution in [0.5, 0.6) is 0 Å². The van der Waals surface area contributed by atoms with Gasteiger partial charge in [0.05, 0.1) is 10.9 Å². The summed E-state index contributed by atoms with van der Waals surface area (Å²) in [6, 6.07) is 14.3. The molecule has 7 heteroatoms. The number of carbonyl (C=O) groups excluding carboxylic acids is 1. The van der Waals surface area contributed by atoms with E-state index in [1.165, 1.54) is 17.8 Å². The van der Waals surface area contributed by atoms with Crippen LogP contribution in [0.15, 0.2) is 60.0 Å². The van der Waals surface area contributed by atoms with E-state index in [2.05, 4.69) is 15.5 Å². The minimum absolute atomic E-state index is 0.174. The molecule has 5 nitrogen and oxygen atoms in total. The van der Waals surface area contributed by atoms with Gasteiger partial charge in [0.15, 0.2) is 5.16 Å². The number of hydrogen-bond donors (Lipinski definition) is 1. The maximum Gasteiger partial charge on any atom is 0.237 e. The zero-order valence-corrected chi connectivity index (χ0v) is 14.6. The molecule has 0 aliphatic heterocycles. The van der Waals surface area contributed by atoms with Crippen molar-refractivity contribution in [3.05, 3.63) is 66.2 Å². The number of rotatable bonds is 5. The lowest BCUT2D eigenvalue weighted by atomic mass is 10.2. The van der Waals surface area contributed by atoms with E-state index in [0.29, 0.717) is 5.16 Å². The van der Waals surface area contributed by atoms with Crippen LogP contribution >= 0.6 is 11.8 Å². The predicted molar refractivity (Wildman–Crippen MR) is 96.4 cm³/mol. The van der Waals surface area contributed by atoms with Gasteiger partial charge in [-0.1, -0.05) is 36.0 Å². The van der Waals surface area contributed by atoms with E-state index in [-0.39, 0.29) is 11.6 Å². The van der Waals surface area contributed by atoms with Crippen LogP contribution in [0.4, 0.5) is 10.1 Å². The highest BCUT2D eigenvalue weighted by molar-refractivity contribution is 8.00. The molecule has 128 valence electrons. The van der Waals surface area contributed by atoms with Gasteiger partial charge in [-0.15, -0.1) is 10.2 Å². The molecule has 25 heavy (non-hydrogen) atoms. The van der Waals surface area contributed by atoms with Gasteiger partial charge in [0, 0.05) is 5.69 Å². The summed E-state index contributed by atoms with van der Waals surface area (Å²) in [5.41, 5.74) is 1.88. The van der Waals surface area contributed by atoms with Gasteiger partial charge < -0.3 is 5.32 Å². The second-order valence-corrected chi connectivity index (χ2v) is 6.86. The average molecular weight is 356 g/mol.